The number of aromatic nitrogens is 2. The highest BCUT2D eigenvalue weighted by Crippen LogP contribution is 2.33. The van der Waals surface area contributed by atoms with Crippen LogP contribution < -0.4 is 0 Å². The van der Waals surface area contributed by atoms with Gasteiger partial charge in [-0.25, -0.2) is 9.97 Å². The molecule has 0 aliphatic heterocycles. The van der Waals surface area contributed by atoms with E-state index in [1.54, 1.807) is 6.33 Å². The van der Waals surface area contributed by atoms with Gasteiger partial charge in [0.05, 0.1) is 0 Å². The fraction of sp³-hybridized carbons (Fsp3) is 0.778. The van der Waals surface area contributed by atoms with E-state index >= 15 is 0 Å². The predicted octanol–water partition coefficient (Wildman–Crippen LogP) is 5.68. The summed E-state index contributed by atoms with van der Waals surface area (Å²) in [6, 6.07) is 2.11. The molecule has 0 fully saturated rings. The molecule has 1 heterocycles. The molecular formula is C18H32N2. The Hall–Kier alpha value is -0.920. The van der Waals surface area contributed by atoms with Crippen molar-refractivity contribution in [3.63, 3.8) is 0 Å². The SMILES string of the molecule is CCCCCCCC(C)(CCCCC)c1ccncn1. The summed E-state index contributed by atoms with van der Waals surface area (Å²) in [7, 11) is 0. The second-order valence-electron chi connectivity index (χ2n) is 6.28. The molecule has 0 spiro atoms. The third kappa shape index (κ3) is 6.02. The average Bonchev–Trinajstić information content (AvgIpc) is 2.48. The van der Waals surface area contributed by atoms with Crippen LogP contribution in [-0.4, -0.2) is 9.97 Å². The average molecular weight is 276 g/mol. The Morgan fingerprint density at radius 2 is 1.50 bits per heavy atom. The van der Waals surface area contributed by atoms with Crippen LogP contribution in [0.15, 0.2) is 18.6 Å². The van der Waals surface area contributed by atoms with E-state index in [2.05, 4.69) is 36.8 Å². The Kier molecular flexibility index (Phi) is 8.48. The topological polar surface area (TPSA) is 25.8 Å². The zero-order chi connectivity index (χ0) is 14.7. The standard InChI is InChI=1S/C18H32N2/c1-4-6-8-9-11-14-18(3,13-10-7-5-2)17-12-15-19-16-20-17/h12,15-16H,4-11,13-14H2,1-3H3. The van der Waals surface area contributed by atoms with Crippen LogP contribution in [0.2, 0.25) is 0 Å². The van der Waals surface area contributed by atoms with Crippen molar-refractivity contribution in [2.24, 2.45) is 0 Å². The van der Waals surface area contributed by atoms with Crippen molar-refractivity contribution in [3.8, 4) is 0 Å². The fourth-order valence-corrected chi connectivity index (χ4v) is 2.91. The summed E-state index contributed by atoms with van der Waals surface area (Å²) >= 11 is 0. The summed E-state index contributed by atoms with van der Waals surface area (Å²) in [5.41, 5.74) is 1.48. The molecule has 0 N–H and O–H groups in total. The smallest absolute Gasteiger partial charge is 0.115 e. The first-order valence-electron chi connectivity index (χ1n) is 8.49. The quantitative estimate of drug-likeness (QED) is 0.486. The molecule has 1 aromatic heterocycles. The molecule has 114 valence electrons. The van der Waals surface area contributed by atoms with Crippen molar-refractivity contribution in [1.82, 2.24) is 9.97 Å². The lowest BCUT2D eigenvalue weighted by Gasteiger charge is -2.29. The van der Waals surface area contributed by atoms with Gasteiger partial charge in [0.15, 0.2) is 0 Å². The maximum Gasteiger partial charge on any atom is 0.115 e. The summed E-state index contributed by atoms with van der Waals surface area (Å²) in [5.74, 6) is 0. The first-order valence-corrected chi connectivity index (χ1v) is 8.49. The van der Waals surface area contributed by atoms with Crippen LogP contribution >= 0.6 is 0 Å². The van der Waals surface area contributed by atoms with Crippen molar-refractivity contribution in [2.45, 2.75) is 90.4 Å². The monoisotopic (exact) mass is 276 g/mol. The van der Waals surface area contributed by atoms with Gasteiger partial charge < -0.3 is 0 Å². The van der Waals surface area contributed by atoms with Crippen LogP contribution in [0.3, 0.4) is 0 Å². The lowest BCUT2D eigenvalue weighted by atomic mass is 9.77. The van der Waals surface area contributed by atoms with Crippen molar-refractivity contribution < 1.29 is 0 Å². The molecule has 0 saturated heterocycles. The summed E-state index contributed by atoms with van der Waals surface area (Å²) in [5, 5.41) is 0. The van der Waals surface area contributed by atoms with Gasteiger partial charge >= 0.3 is 0 Å². The van der Waals surface area contributed by atoms with Gasteiger partial charge in [0.25, 0.3) is 0 Å². The first kappa shape index (κ1) is 17.1. The zero-order valence-corrected chi connectivity index (χ0v) is 13.7. The minimum atomic E-state index is 0.240. The fourth-order valence-electron chi connectivity index (χ4n) is 2.91. The second kappa shape index (κ2) is 9.90. The maximum atomic E-state index is 4.53. The van der Waals surface area contributed by atoms with Crippen LogP contribution in [0.1, 0.15) is 90.7 Å². The molecule has 20 heavy (non-hydrogen) atoms. The Bertz CT molecular complexity index is 337. The molecule has 1 rings (SSSR count). The highest BCUT2D eigenvalue weighted by Gasteiger charge is 2.26. The molecule has 0 aliphatic rings. The molecule has 2 nitrogen and oxygen atoms in total. The van der Waals surface area contributed by atoms with E-state index in [4.69, 9.17) is 0 Å². The van der Waals surface area contributed by atoms with Gasteiger partial charge in [0.1, 0.15) is 6.33 Å². The zero-order valence-electron chi connectivity index (χ0n) is 13.7. The van der Waals surface area contributed by atoms with E-state index in [1.807, 2.05) is 6.20 Å². The number of rotatable bonds is 11. The number of hydrogen-bond acceptors (Lipinski definition) is 2. The third-order valence-corrected chi connectivity index (χ3v) is 4.36. The molecule has 0 amide bonds. The van der Waals surface area contributed by atoms with Crippen molar-refractivity contribution >= 4 is 0 Å². The van der Waals surface area contributed by atoms with Crippen molar-refractivity contribution in [1.29, 1.82) is 0 Å². The molecule has 1 atom stereocenters. The summed E-state index contributed by atoms with van der Waals surface area (Å²) in [6.07, 6.45) is 16.8. The van der Waals surface area contributed by atoms with Gasteiger partial charge in [0.2, 0.25) is 0 Å². The third-order valence-electron chi connectivity index (χ3n) is 4.36. The van der Waals surface area contributed by atoms with Crippen LogP contribution in [0, 0.1) is 0 Å². The number of nitrogens with zero attached hydrogens (tertiary/aromatic N) is 2. The van der Waals surface area contributed by atoms with Crippen LogP contribution in [0.5, 0.6) is 0 Å². The molecule has 0 aromatic carbocycles. The number of hydrogen-bond donors (Lipinski definition) is 0. The van der Waals surface area contributed by atoms with Crippen LogP contribution in [0.4, 0.5) is 0 Å². The van der Waals surface area contributed by atoms with Gasteiger partial charge in [0, 0.05) is 17.3 Å². The van der Waals surface area contributed by atoms with E-state index < -0.39 is 0 Å². The Morgan fingerprint density at radius 3 is 2.10 bits per heavy atom. The highest BCUT2D eigenvalue weighted by molar-refractivity contribution is 5.13. The largest absolute Gasteiger partial charge is 0.245 e. The molecule has 0 aliphatic carbocycles. The van der Waals surface area contributed by atoms with Gasteiger partial charge in [-0.15, -0.1) is 0 Å². The van der Waals surface area contributed by atoms with E-state index in [9.17, 15) is 0 Å². The molecular weight excluding hydrogens is 244 g/mol. The molecule has 0 saturated carbocycles. The van der Waals surface area contributed by atoms with E-state index in [0.29, 0.717) is 0 Å². The summed E-state index contributed by atoms with van der Waals surface area (Å²) in [6.45, 7) is 6.94. The first-order chi connectivity index (χ1) is 9.73. The normalized spacial score (nSPS) is 14.2. The van der Waals surface area contributed by atoms with Crippen molar-refractivity contribution in [2.75, 3.05) is 0 Å². The highest BCUT2D eigenvalue weighted by atomic mass is 14.8. The van der Waals surface area contributed by atoms with E-state index in [-0.39, 0.29) is 5.41 Å². The molecule has 2 heteroatoms. The maximum absolute atomic E-state index is 4.53. The van der Waals surface area contributed by atoms with Gasteiger partial charge in [-0.05, 0) is 18.9 Å². The molecule has 0 bridgehead atoms. The van der Waals surface area contributed by atoms with Gasteiger partial charge in [-0.3, -0.25) is 0 Å². The minimum Gasteiger partial charge on any atom is -0.245 e. The Balaban J connectivity index is 2.55. The van der Waals surface area contributed by atoms with E-state index in [1.165, 1.54) is 69.9 Å². The molecule has 1 aromatic rings. The molecule has 1 unspecified atom stereocenters. The summed E-state index contributed by atoms with van der Waals surface area (Å²) in [4.78, 5) is 8.60. The Morgan fingerprint density at radius 1 is 0.900 bits per heavy atom. The van der Waals surface area contributed by atoms with Crippen LogP contribution in [0.25, 0.3) is 0 Å². The Labute approximate surface area is 125 Å². The van der Waals surface area contributed by atoms with E-state index in [0.717, 1.165) is 0 Å². The van der Waals surface area contributed by atoms with Gasteiger partial charge in [-0.1, -0.05) is 72.1 Å². The minimum absolute atomic E-state index is 0.240. The van der Waals surface area contributed by atoms with Crippen molar-refractivity contribution in [3.05, 3.63) is 24.3 Å². The number of unbranched alkanes of at least 4 members (excludes halogenated alkanes) is 6. The lowest BCUT2D eigenvalue weighted by molar-refractivity contribution is 0.355. The molecule has 0 radical (unpaired) electrons. The van der Waals surface area contributed by atoms with Crippen LogP contribution in [-0.2, 0) is 5.41 Å². The van der Waals surface area contributed by atoms with Gasteiger partial charge in [-0.2, -0.15) is 0 Å². The lowest BCUT2D eigenvalue weighted by Crippen LogP contribution is -2.23. The second-order valence-corrected chi connectivity index (χ2v) is 6.28. The summed E-state index contributed by atoms with van der Waals surface area (Å²) < 4.78 is 0. The predicted molar refractivity (Wildman–Crippen MR) is 86.9 cm³/mol.